The molecule has 0 aliphatic carbocycles. The third-order valence-electron chi connectivity index (χ3n) is 3.75. The maximum absolute atomic E-state index is 5.55. The zero-order valence-electron chi connectivity index (χ0n) is 14.6. The largest absolute Gasteiger partial charge is 0.496 e. The van der Waals surface area contributed by atoms with Crippen molar-refractivity contribution < 1.29 is 9.47 Å². The summed E-state index contributed by atoms with van der Waals surface area (Å²) in [6.07, 6.45) is 1.75. The number of hydrogen-bond acceptors (Lipinski definition) is 5. The van der Waals surface area contributed by atoms with Crippen molar-refractivity contribution in [1.82, 2.24) is 4.98 Å². The van der Waals surface area contributed by atoms with E-state index in [-0.39, 0.29) is 0 Å². The lowest BCUT2D eigenvalue weighted by molar-refractivity contribution is 0.340. The average Bonchev–Trinajstić information content (AvgIpc) is 2.62. The summed E-state index contributed by atoms with van der Waals surface area (Å²) in [5.41, 5.74) is 6.71. The molecule has 0 amide bonds. The van der Waals surface area contributed by atoms with Crippen molar-refractivity contribution in [3.63, 3.8) is 0 Å². The molecule has 0 unspecified atom stereocenters. The van der Waals surface area contributed by atoms with Crippen LogP contribution < -0.4 is 14.9 Å². The number of pyridine rings is 1. The van der Waals surface area contributed by atoms with E-state index in [9.17, 15) is 0 Å². The van der Waals surface area contributed by atoms with Gasteiger partial charge in [0, 0.05) is 22.7 Å². The number of anilines is 1. The molecule has 0 radical (unpaired) electrons. The van der Waals surface area contributed by atoms with Crippen molar-refractivity contribution in [3.8, 4) is 11.5 Å². The molecule has 0 bridgehead atoms. The Balaban J connectivity index is 1.89. The number of nitrogens with one attached hydrogen (secondary N) is 1. The Bertz CT molecular complexity index is 907. The van der Waals surface area contributed by atoms with Gasteiger partial charge in [-0.2, -0.15) is 5.10 Å². The number of nitrogens with zero attached hydrogens (tertiary/aromatic N) is 2. The number of hydrazone groups is 1. The first kappa shape index (κ1) is 16.8. The number of aromatic nitrogens is 1. The summed E-state index contributed by atoms with van der Waals surface area (Å²) in [5, 5.41) is 5.35. The molecule has 5 nitrogen and oxygen atoms in total. The normalized spacial score (nSPS) is 11.0. The van der Waals surface area contributed by atoms with Crippen LogP contribution in [0, 0.1) is 6.92 Å². The van der Waals surface area contributed by atoms with Crippen LogP contribution in [0.1, 0.15) is 18.2 Å². The predicted molar refractivity (Wildman–Crippen MR) is 102 cm³/mol. The molecule has 25 heavy (non-hydrogen) atoms. The number of ether oxygens (including phenoxy) is 2. The van der Waals surface area contributed by atoms with Crippen molar-refractivity contribution in [2.24, 2.45) is 5.10 Å². The molecule has 0 aliphatic rings. The fourth-order valence-corrected chi connectivity index (χ4v) is 2.63. The summed E-state index contributed by atoms with van der Waals surface area (Å²) < 4.78 is 10.9. The molecule has 0 fully saturated rings. The maximum Gasteiger partial charge on any atom is 0.127 e. The molecule has 3 rings (SSSR count). The molecule has 0 aliphatic heterocycles. The fraction of sp³-hybridized carbons (Fsp3) is 0.200. The number of fused-ring (bicyclic) bond motifs is 1. The monoisotopic (exact) mass is 335 g/mol. The Labute approximate surface area is 147 Å². The van der Waals surface area contributed by atoms with Crippen molar-refractivity contribution >= 4 is 22.8 Å². The lowest BCUT2D eigenvalue weighted by Gasteiger charge is -2.09. The van der Waals surface area contributed by atoms with Gasteiger partial charge in [-0.05, 0) is 44.2 Å². The van der Waals surface area contributed by atoms with Gasteiger partial charge in [-0.1, -0.05) is 12.1 Å². The lowest BCUT2D eigenvalue weighted by Crippen LogP contribution is -1.97. The van der Waals surface area contributed by atoms with E-state index in [1.807, 2.05) is 62.4 Å². The highest BCUT2D eigenvalue weighted by atomic mass is 16.5. The van der Waals surface area contributed by atoms with Crippen LogP contribution in [0.2, 0.25) is 0 Å². The maximum atomic E-state index is 5.55. The highest BCUT2D eigenvalue weighted by Gasteiger charge is 2.05. The summed E-state index contributed by atoms with van der Waals surface area (Å²) in [7, 11) is 1.65. The number of methoxy groups -OCH3 is 1. The number of aryl methyl sites for hydroxylation is 1. The fourth-order valence-electron chi connectivity index (χ4n) is 2.63. The van der Waals surface area contributed by atoms with Crippen LogP contribution in [-0.4, -0.2) is 24.9 Å². The molecule has 0 saturated carbocycles. The molecule has 1 aromatic heterocycles. The van der Waals surface area contributed by atoms with Crippen molar-refractivity contribution in [1.29, 1.82) is 0 Å². The minimum atomic E-state index is 0.631. The Hall–Kier alpha value is -3.08. The van der Waals surface area contributed by atoms with Gasteiger partial charge < -0.3 is 9.47 Å². The van der Waals surface area contributed by atoms with Gasteiger partial charge in [0.1, 0.15) is 11.5 Å². The number of rotatable bonds is 6. The second-order valence-electron chi connectivity index (χ2n) is 5.54. The van der Waals surface area contributed by atoms with Crippen molar-refractivity contribution in [2.45, 2.75) is 13.8 Å². The molecule has 128 valence electrons. The van der Waals surface area contributed by atoms with Gasteiger partial charge in [0.05, 0.1) is 31.1 Å². The molecular formula is C20H21N3O2. The third kappa shape index (κ3) is 3.88. The SMILES string of the molecule is CCOc1ccc2c(NN=Cc3ccccc3OC)cc(C)nc2c1. The number of para-hydroxylation sites is 1. The van der Waals surface area contributed by atoms with E-state index in [2.05, 4.69) is 15.5 Å². The van der Waals surface area contributed by atoms with Gasteiger partial charge >= 0.3 is 0 Å². The highest BCUT2D eigenvalue weighted by Crippen LogP contribution is 2.27. The van der Waals surface area contributed by atoms with Crippen LogP contribution in [0.25, 0.3) is 10.9 Å². The van der Waals surface area contributed by atoms with Crippen LogP contribution >= 0.6 is 0 Å². The van der Waals surface area contributed by atoms with Gasteiger partial charge in [0.2, 0.25) is 0 Å². The highest BCUT2D eigenvalue weighted by molar-refractivity contribution is 5.93. The molecular weight excluding hydrogens is 314 g/mol. The Morgan fingerprint density at radius 2 is 2.00 bits per heavy atom. The predicted octanol–water partition coefficient (Wildman–Crippen LogP) is 4.40. The first-order chi connectivity index (χ1) is 12.2. The number of hydrogen-bond donors (Lipinski definition) is 1. The molecule has 2 aromatic carbocycles. The molecule has 3 aromatic rings. The van der Waals surface area contributed by atoms with E-state index in [4.69, 9.17) is 9.47 Å². The van der Waals surface area contributed by atoms with E-state index in [1.165, 1.54) is 0 Å². The zero-order valence-corrected chi connectivity index (χ0v) is 14.6. The summed E-state index contributed by atoms with van der Waals surface area (Å²) in [6, 6.07) is 15.6. The van der Waals surface area contributed by atoms with Crippen molar-refractivity contribution in [2.75, 3.05) is 19.1 Å². The van der Waals surface area contributed by atoms with Gasteiger partial charge in [-0.25, -0.2) is 0 Å². The summed E-state index contributed by atoms with van der Waals surface area (Å²) in [6.45, 7) is 4.56. The van der Waals surface area contributed by atoms with Crippen LogP contribution in [0.5, 0.6) is 11.5 Å². The van der Waals surface area contributed by atoms with Crippen LogP contribution in [0.15, 0.2) is 53.6 Å². The number of benzene rings is 2. The van der Waals surface area contributed by atoms with Gasteiger partial charge in [-0.3, -0.25) is 10.4 Å². The smallest absolute Gasteiger partial charge is 0.127 e. The van der Waals surface area contributed by atoms with Crippen LogP contribution in [0.4, 0.5) is 5.69 Å². The minimum Gasteiger partial charge on any atom is -0.496 e. The molecule has 1 N–H and O–H groups in total. The van der Waals surface area contributed by atoms with Gasteiger partial charge in [0.25, 0.3) is 0 Å². The van der Waals surface area contributed by atoms with E-state index in [0.29, 0.717) is 6.61 Å². The second-order valence-corrected chi connectivity index (χ2v) is 5.54. The lowest BCUT2D eigenvalue weighted by atomic mass is 10.1. The minimum absolute atomic E-state index is 0.631. The molecule has 0 saturated heterocycles. The molecule has 1 heterocycles. The first-order valence-electron chi connectivity index (χ1n) is 8.17. The van der Waals surface area contributed by atoms with Crippen LogP contribution in [-0.2, 0) is 0 Å². The topological polar surface area (TPSA) is 55.7 Å². The van der Waals surface area contributed by atoms with E-state index in [0.717, 1.165) is 39.3 Å². The van der Waals surface area contributed by atoms with E-state index >= 15 is 0 Å². The first-order valence-corrected chi connectivity index (χ1v) is 8.17. The van der Waals surface area contributed by atoms with Crippen LogP contribution in [0.3, 0.4) is 0 Å². The zero-order chi connectivity index (χ0) is 17.6. The Kier molecular flexibility index (Phi) is 5.14. The second kappa shape index (κ2) is 7.66. The average molecular weight is 335 g/mol. The molecule has 0 spiro atoms. The summed E-state index contributed by atoms with van der Waals surface area (Å²) in [4.78, 5) is 4.58. The summed E-state index contributed by atoms with van der Waals surface area (Å²) >= 11 is 0. The van der Waals surface area contributed by atoms with Crippen molar-refractivity contribution in [3.05, 3.63) is 59.8 Å². The van der Waals surface area contributed by atoms with Gasteiger partial charge in [-0.15, -0.1) is 0 Å². The molecule has 0 atom stereocenters. The quantitative estimate of drug-likeness (QED) is 0.536. The van der Waals surface area contributed by atoms with E-state index < -0.39 is 0 Å². The molecule has 5 heteroatoms. The standard InChI is InChI=1S/C20H21N3O2/c1-4-25-16-9-10-17-18(12-16)22-14(2)11-19(17)23-21-13-15-7-5-6-8-20(15)24-3/h5-13H,4H2,1-3H3,(H,22,23). The Morgan fingerprint density at radius 1 is 1.16 bits per heavy atom. The Morgan fingerprint density at radius 3 is 2.80 bits per heavy atom. The van der Waals surface area contributed by atoms with E-state index in [1.54, 1.807) is 13.3 Å². The summed E-state index contributed by atoms with van der Waals surface area (Å²) in [5.74, 6) is 1.60. The van der Waals surface area contributed by atoms with Gasteiger partial charge in [0.15, 0.2) is 0 Å². The third-order valence-corrected chi connectivity index (χ3v) is 3.75.